The number of ether oxygens (including phenoxy) is 2. The number of piperidine rings is 1. The van der Waals surface area contributed by atoms with Gasteiger partial charge >= 0.3 is 0 Å². The Morgan fingerprint density at radius 1 is 1.36 bits per heavy atom. The summed E-state index contributed by atoms with van der Waals surface area (Å²) in [6.45, 7) is 3.51. The molecule has 0 saturated carbocycles. The number of rotatable bonds is 4. The van der Waals surface area contributed by atoms with Gasteiger partial charge < -0.3 is 14.8 Å². The fourth-order valence-electron chi connectivity index (χ4n) is 2.90. The molecule has 0 aromatic carbocycles. The first kappa shape index (κ1) is 15.7. The summed E-state index contributed by atoms with van der Waals surface area (Å²) in [6, 6.07) is 3.49. The van der Waals surface area contributed by atoms with E-state index in [-0.39, 0.29) is 12.2 Å². The summed E-state index contributed by atoms with van der Waals surface area (Å²) in [5.41, 5.74) is 0.553. The minimum absolute atomic E-state index is 0.0508. The molecular formula is C15H20ClN3O3. The summed E-state index contributed by atoms with van der Waals surface area (Å²) in [5, 5.41) is 3.11. The van der Waals surface area contributed by atoms with Crippen molar-refractivity contribution in [2.24, 2.45) is 5.92 Å². The summed E-state index contributed by atoms with van der Waals surface area (Å²) >= 11 is 5.94. The third-order valence-corrected chi connectivity index (χ3v) is 4.37. The van der Waals surface area contributed by atoms with Crippen LogP contribution in [0.1, 0.15) is 12.8 Å². The lowest BCUT2D eigenvalue weighted by molar-refractivity contribution is -0.119. The van der Waals surface area contributed by atoms with Gasteiger partial charge in [0.1, 0.15) is 0 Å². The Balaban J connectivity index is 1.44. The zero-order chi connectivity index (χ0) is 15.4. The largest absolute Gasteiger partial charge is 0.350 e. The van der Waals surface area contributed by atoms with E-state index < -0.39 is 0 Å². The van der Waals surface area contributed by atoms with Gasteiger partial charge in [0.05, 0.1) is 25.4 Å². The molecule has 120 valence electrons. The molecule has 2 aliphatic rings. The number of nitrogens with zero attached hydrogens (tertiary/aromatic N) is 2. The smallest absolute Gasteiger partial charge is 0.238 e. The van der Waals surface area contributed by atoms with Crippen LogP contribution in [-0.4, -0.2) is 54.9 Å². The maximum absolute atomic E-state index is 12.1. The van der Waals surface area contributed by atoms with Crippen molar-refractivity contribution in [1.82, 2.24) is 9.88 Å². The van der Waals surface area contributed by atoms with Crippen molar-refractivity contribution in [3.05, 3.63) is 23.5 Å². The van der Waals surface area contributed by atoms with Crippen LogP contribution in [0.4, 0.5) is 5.69 Å². The summed E-state index contributed by atoms with van der Waals surface area (Å²) < 4.78 is 11.1. The molecule has 1 amide bonds. The monoisotopic (exact) mass is 325 g/mol. The van der Waals surface area contributed by atoms with Gasteiger partial charge in [-0.1, -0.05) is 11.6 Å². The molecular weight excluding hydrogens is 306 g/mol. The van der Waals surface area contributed by atoms with E-state index in [1.807, 2.05) is 0 Å². The number of likely N-dealkylation sites (tertiary alicyclic amines) is 1. The summed E-state index contributed by atoms with van der Waals surface area (Å²) in [5.74, 6) is 0.372. The predicted molar refractivity (Wildman–Crippen MR) is 82.7 cm³/mol. The number of pyridine rings is 1. The summed E-state index contributed by atoms with van der Waals surface area (Å²) in [4.78, 5) is 18.2. The van der Waals surface area contributed by atoms with Crippen LogP contribution in [0, 0.1) is 5.92 Å². The highest BCUT2D eigenvalue weighted by Crippen LogP contribution is 2.25. The van der Waals surface area contributed by atoms with Crippen molar-refractivity contribution in [1.29, 1.82) is 0 Å². The number of amides is 1. The third-order valence-electron chi connectivity index (χ3n) is 4.07. The average Bonchev–Trinajstić information content (AvgIpc) is 3.05. The van der Waals surface area contributed by atoms with Crippen LogP contribution in [0.2, 0.25) is 5.15 Å². The van der Waals surface area contributed by atoms with Gasteiger partial charge in [-0.05, 0) is 38.1 Å². The fourth-order valence-corrected chi connectivity index (χ4v) is 3.07. The molecule has 1 N–H and O–H groups in total. The number of carbonyl (C=O) groups is 1. The van der Waals surface area contributed by atoms with Crippen LogP contribution in [0.25, 0.3) is 0 Å². The quantitative estimate of drug-likeness (QED) is 0.855. The minimum atomic E-state index is -0.0679. The zero-order valence-electron chi connectivity index (χ0n) is 12.3. The maximum Gasteiger partial charge on any atom is 0.238 e. The van der Waals surface area contributed by atoms with Gasteiger partial charge in [0.15, 0.2) is 11.4 Å². The highest BCUT2D eigenvalue weighted by Gasteiger charge is 2.30. The van der Waals surface area contributed by atoms with Gasteiger partial charge in [-0.2, -0.15) is 0 Å². The van der Waals surface area contributed by atoms with Gasteiger partial charge in [0.25, 0.3) is 0 Å². The standard InChI is InChI=1S/C15H20ClN3O3/c16-14-12(2-1-5-17-14)18-13(20)10-19-6-3-11(4-7-19)15-21-8-9-22-15/h1-2,5,11,15H,3-4,6-10H2,(H,18,20). The summed E-state index contributed by atoms with van der Waals surface area (Å²) in [6.07, 6.45) is 3.53. The van der Waals surface area contributed by atoms with Crippen molar-refractivity contribution in [3.8, 4) is 0 Å². The molecule has 2 aliphatic heterocycles. The molecule has 0 aliphatic carbocycles. The fraction of sp³-hybridized carbons (Fsp3) is 0.600. The van der Waals surface area contributed by atoms with E-state index >= 15 is 0 Å². The van der Waals surface area contributed by atoms with Gasteiger partial charge in [-0.25, -0.2) is 4.98 Å². The Kier molecular flexibility index (Phi) is 5.25. The molecule has 1 aromatic heterocycles. The molecule has 0 atom stereocenters. The van der Waals surface area contributed by atoms with Crippen molar-refractivity contribution in [3.63, 3.8) is 0 Å². The van der Waals surface area contributed by atoms with E-state index in [1.54, 1.807) is 18.3 Å². The first-order valence-electron chi connectivity index (χ1n) is 7.58. The first-order chi connectivity index (χ1) is 10.7. The predicted octanol–water partition coefficient (Wildman–Crippen LogP) is 1.76. The van der Waals surface area contributed by atoms with E-state index in [0.717, 1.165) is 25.9 Å². The van der Waals surface area contributed by atoms with Crippen LogP contribution < -0.4 is 5.32 Å². The molecule has 6 nitrogen and oxygen atoms in total. The molecule has 0 spiro atoms. The van der Waals surface area contributed by atoms with E-state index in [9.17, 15) is 4.79 Å². The number of carbonyl (C=O) groups excluding carboxylic acids is 1. The lowest BCUT2D eigenvalue weighted by Gasteiger charge is -2.33. The molecule has 3 rings (SSSR count). The first-order valence-corrected chi connectivity index (χ1v) is 7.96. The minimum Gasteiger partial charge on any atom is -0.350 e. The number of aromatic nitrogens is 1. The Labute approximate surface area is 134 Å². The van der Waals surface area contributed by atoms with Crippen molar-refractivity contribution in [2.45, 2.75) is 19.1 Å². The Hall–Kier alpha value is -1.21. The molecule has 22 heavy (non-hydrogen) atoms. The molecule has 0 unspecified atom stereocenters. The Morgan fingerprint density at radius 3 is 2.77 bits per heavy atom. The number of anilines is 1. The van der Waals surface area contributed by atoms with Gasteiger partial charge in [-0.3, -0.25) is 9.69 Å². The van der Waals surface area contributed by atoms with Gasteiger partial charge in [0.2, 0.25) is 5.91 Å². The highest BCUT2D eigenvalue weighted by atomic mass is 35.5. The van der Waals surface area contributed by atoms with Crippen molar-refractivity contribution >= 4 is 23.2 Å². The second-order valence-corrected chi connectivity index (χ2v) is 5.97. The van der Waals surface area contributed by atoms with Gasteiger partial charge in [0, 0.05) is 12.1 Å². The summed E-state index contributed by atoms with van der Waals surface area (Å²) in [7, 11) is 0. The molecule has 0 bridgehead atoms. The zero-order valence-corrected chi connectivity index (χ0v) is 13.1. The van der Waals surface area contributed by atoms with Crippen molar-refractivity contribution < 1.29 is 14.3 Å². The average molecular weight is 326 g/mol. The van der Waals surface area contributed by atoms with E-state index in [0.29, 0.717) is 36.5 Å². The second-order valence-electron chi connectivity index (χ2n) is 5.61. The molecule has 1 aromatic rings. The van der Waals surface area contributed by atoms with Crippen LogP contribution in [0.5, 0.6) is 0 Å². The normalized spacial score (nSPS) is 21.1. The van der Waals surface area contributed by atoms with Crippen LogP contribution in [0.15, 0.2) is 18.3 Å². The lowest BCUT2D eigenvalue weighted by atomic mass is 9.96. The third kappa shape index (κ3) is 3.95. The molecule has 7 heteroatoms. The lowest BCUT2D eigenvalue weighted by Crippen LogP contribution is -2.41. The van der Waals surface area contributed by atoms with E-state index in [2.05, 4.69) is 15.2 Å². The topological polar surface area (TPSA) is 63.7 Å². The van der Waals surface area contributed by atoms with Crippen LogP contribution in [-0.2, 0) is 14.3 Å². The number of hydrogen-bond donors (Lipinski definition) is 1. The number of halogens is 1. The van der Waals surface area contributed by atoms with Crippen molar-refractivity contribution in [2.75, 3.05) is 38.2 Å². The van der Waals surface area contributed by atoms with E-state index in [4.69, 9.17) is 21.1 Å². The number of nitrogens with one attached hydrogen (secondary N) is 1. The molecule has 3 heterocycles. The Bertz CT molecular complexity index is 515. The number of hydrogen-bond acceptors (Lipinski definition) is 5. The van der Waals surface area contributed by atoms with E-state index in [1.165, 1.54) is 0 Å². The molecule has 2 fully saturated rings. The van der Waals surface area contributed by atoms with Crippen LogP contribution in [0.3, 0.4) is 0 Å². The SMILES string of the molecule is O=C(CN1CCC(C2OCCO2)CC1)Nc1cccnc1Cl. The van der Waals surface area contributed by atoms with Crippen LogP contribution >= 0.6 is 11.6 Å². The second kappa shape index (κ2) is 7.37. The maximum atomic E-state index is 12.1. The molecule has 0 radical (unpaired) electrons. The van der Waals surface area contributed by atoms with Gasteiger partial charge in [-0.15, -0.1) is 0 Å². The highest BCUT2D eigenvalue weighted by molar-refractivity contribution is 6.32. The molecule has 2 saturated heterocycles. The Morgan fingerprint density at radius 2 is 2.09 bits per heavy atom.